The maximum atomic E-state index is 12.2. The van der Waals surface area contributed by atoms with E-state index in [1.807, 2.05) is 0 Å². The molecule has 32 heavy (non-hydrogen) atoms. The van der Waals surface area contributed by atoms with E-state index in [9.17, 15) is 9.59 Å². The number of ether oxygens (including phenoxy) is 2. The summed E-state index contributed by atoms with van der Waals surface area (Å²) in [6.07, 6.45) is 8.99. The van der Waals surface area contributed by atoms with Crippen molar-refractivity contribution in [2.75, 3.05) is 86.7 Å². The minimum atomic E-state index is -0.0948. The van der Waals surface area contributed by atoms with Gasteiger partial charge in [-0.3, -0.25) is 4.90 Å². The van der Waals surface area contributed by atoms with E-state index in [-0.39, 0.29) is 11.9 Å². The lowest BCUT2D eigenvalue weighted by Crippen LogP contribution is -2.60. The number of quaternary nitrogens is 2. The summed E-state index contributed by atoms with van der Waals surface area (Å²) >= 11 is 0. The second-order valence-electron chi connectivity index (χ2n) is 10.4. The topological polar surface area (TPSA) is 55.8 Å². The Bertz CT molecular complexity index is 531. The van der Waals surface area contributed by atoms with Gasteiger partial charge in [0.1, 0.15) is 0 Å². The van der Waals surface area contributed by atoms with Crippen LogP contribution < -0.4 is 0 Å². The first kappa shape index (κ1) is 28.9. The zero-order valence-corrected chi connectivity index (χ0v) is 21.7. The molecule has 1 heterocycles. The second-order valence-corrected chi connectivity index (χ2v) is 10.4. The molecule has 0 aromatic heterocycles. The molecule has 7 nitrogen and oxygen atoms in total. The van der Waals surface area contributed by atoms with Crippen molar-refractivity contribution in [1.82, 2.24) is 4.90 Å². The van der Waals surface area contributed by atoms with Gasteiger partial charge in [-0.15, -0.1) is 0 Å². The molecule has 0 spiro atoms. The van der Waals surface area contributed by atoms with Crippen LogP contribution in [0.1, 0.15) is 65.2 Å². The molecule has 0 saturated carbocycles. The zero-order chi connectivity index (χ0) is 23.9. The molecule has 0 unspecified atom stereocenters. The molecule has 0 aromatic carbocycles. The molecule has 0 radical (unpaired) electrons. The highest BCUT2D eigenvalue weighted by atomic mass is 16.5. The van der Waals surface area contributed by atoms with Crippen LogP contribution in [0.25, 0.3) is 0 Å². The van der Waals surface area contributed by atoms with Gasteiger partial charge in [0.25, 0.3) is 0 Å². The minimum Gasteiger partial charge on any atom is -0.462 e. The predicted octanol–water partition coefficient (Wildman–Crippen LogP) is 3.07. The van der Waals surface area contributed by atoms with Crippen LogP contribution in [0.3, 0.4) is 0 Å². The van der Waals surface area contributed by atoms with Crippen LogP contribution in [0.2, 0.25) is 0 Å². The first-order chi connectivity index (χ1) is 15.2. The number of piperazine rings is 1. The second kappa shape index (κ2) is 15.6. The van der Waals surface area contributed by atoms with Gasteiger partial charge in [-0.2, -0.15) is 0 Å². The first-order valence-corrected chi connectivity index (χ1v) is 12.9. The number of hydrogen-bond donors (Lipinski definition) is 0. The zero-order valence-electron chi connectivity index (χ0n) is 21.7. The molecular formula is C25H51N3O4+2. The molecule has 0 bridgehead atoms. The molecule has 1 rings (SSSR count). The third-order valence-corrected chi connectivity index (χ3v) is 6.52. The Balaban J connectivity index is 2.23. The standard InChI is InChI=1S/C25H51N3O4/c1-6-8-10-12-20-31-24(29)22-27(3,4)17-14-26-15-18-28(5,19-16-26)23-25(30)32-21-13-11-9-7-2/h6-23H2,1-5H3/q+2. The average Bonchev–Trinajstić information content (AvgIpc) is 2.72. The number of carbonyl (C=O) groups is 2. The van der Waals surface area contributed by atoms with Gasteiger partial charge in [0.2, 0.25) is 0 Å². The Morgan fingerprint density at radius 2 is 1.38 bits per heavy atom. The van der Waals surface area contributed by atoms with Crippen molar-refractivity contribution >= 4 is 11.9 Å². The maximum absolute atomic E-state index is 12.2. The van der Waals surface area contributed by atoms with Crippen LogP contribution in [0, 0.1) is 0 Å². The van der Waals surface area contributed by atoms with Gasteiger partial charge in [0.15, 0.2) is 13.1 Å². The number of rotatable bonds is 17. The Hall–Kier alpha value is -1.18. The summed E-state index contributed by atoms with van der Waals surface area (Å²) in [4.78, 5) is 26.8. The highest BCUT2D eigenvalue weighted by Crippen LogP contribution is 2.12. The fourth-order valence-corrected chi connectivity index (χ4v) is 4.04. The predicted molar refractivity (Wildman–Crippen MR) is 129 cm³/mol. The van der Waals surface area contributed by atoms with Crippen LogP contribution in [0.5, 0.6) is 0 Å². The summed E-state index contributed by atoms with van der Waals surface area (Å²) in [6, 6.07) is 0. The van der Waals surface area contributed by atoms with Gasteiger partial charge in [0, 0.05) is 19.6 Å². The summed E-state index contributed by atoms with van der Waals surface area (Å²) in [5, 5.41) is 0. The van der Waals surface area contributed by atoms with Crippen molar-refractivity contribution in [3.8, 4) is 0 Å². The van der Waals surface area contributed by atoms with Crippen molar-refractivity contribution in [1.29, 1.82) is 0 Å². The van der Waals surface area contributed by atoms with Gasteiger partial charge in [-0.05, 0) is 12.8 Å². The Morgan fingerprint density at radius 3 is 1.91 bits per heavy atom. The summed E-state index contributed by atoms with van der Waals surface area (Å²) in [6.45, 7) is 12.1. The Morgan fingerprint density at radius 1 is 0.844 bits per heavy atom. The third kappa shape index (κ3) is 13.4. The maximum Gasteiger partial charge on any atom is 0.361 e. The highest BCUT2D eigenvalue weighted by molar-refractivity contribution is 5.70. The lowest BCUT2D eigenvalue weighted by atomic mass is 10.2. The van der Waals surface area contributed by atoms with Crippen LogP contribution in [-0.2, 0) is 19.1 Å². The van der Waals surface area contributed by atoms with Gasteiger partial charge in [-0.25, -0.2) is 9.59 Å². The normalized spacial score (nSPS) is 16.7. The van der Waals surface area contributed by atoms with E-state index < -0.39 is 0 Å². The van der Waals surface area contributed by atoms with Crippen molar-refractivity contribution < 1.29 is 28.0 Å². The largest absolute Gasteiger partial charge is 0.462 e. The van der Waals surface area contributed by atoms with E-state index in [2.05, 4.69) is 39.9 Å². The molecule has 0 aliphatic carbocycles. The summed E-state index contributed by atoms with van der Waals surface area (Å²) in [7, 11) is 6.35. The van der Waals surface area contributed by atoms with Gasteiger partial charge in [-0.1, -0.05) is 52.4 Å². The summed E-state index contributed by atoms with van der Waals surface area (Å²) in [5.74, 6) is -0.161. The average molecular weight is 458 g/mol. The smallest absolute Gasteiger partial charge is 0.361 e. The van der Waals surface area contributed by atoms with E-state index in [1.165, 1.54) is 25.7 Å². The van der Waals surface area contributed by atoms with Crippen molar-refractivity contribution in [2.24, 2.45) is 0 Å². The number of hydrogen-bond acceptors (Lipinski definition) is 5. The fraction of sp³-hybridized carbons (Fsp3) is 0.920. The molecule has 188 valence electrons. The molecular weight excluding hydrogens is 406 g/mol. The first-order valence-electron chi connectivity index (χ1n) is 12.9. The molecule has 1 saturated heterocycles. The fourth-order valence-electron chi connectivity index (χ4n) is 4.04. The van der Waals surface area contributed by atoms with E-state index in [1.54, 1.807) is 0 Å². The Labute approximate surface area is 197 Å². The minimum absolute atomic E-state index is 0.0662. The highest BCUT2D eigenvalue weighted by Gasteiger charge is 2.32. The number of unbranched alkanes of at least 4 members (excludes halogenated alkanes) is 6. The van der Waals surface area contributed by atoms with Crippen LogP contribution >= 0.6 is 0 Å². The summed E-state index contributed by atoms with van der Waals surface area (Å²) < 4.78 is 12.3. The molecule has 0 aromatic rings. The van der Waals surface area contributed by atoms with E-state index >= 15 is 0 Å². The van der Waals surface area contributed by atoms with Gasteiger partial charge < -0.3 is 18.4 Å². The Kier molecular flexibility index (Phi) is 14.1. The molecule has 0 N–H and O–H groups in total. The third-order valence-electron chi connectivity index (χ3n) is 6.52. The lowest BCUT2D eigenvalue weighted by Gasteiger charge is -2.42. The molecule has 0 amide bonds. The van der Waals surface area contributed by atoms with Crippen molar-refractivity contribution in [2.45, 2.75) is 65.2 Å². The van der Waals surface area contributed by atoms with Crippen molar-refractivity contribution in [3.05, 3.63) is 0 Å². The number of esters is 2. The van der Waals surface area contributed by atoms with Gasteiger partial charge >= 0.3 is 11.9 Å². The van der Waals surface area contributed by atoms with E-state index in [0.29, 0.717) is 30.8 Å². The van der Waals surface area contributed by atoms with E-state index in [4.69, 9.17) is 9.47 Å². The summed E-state index contributed by atoms with van der Waals surface area (Å²) in [5.41, 5.74) is 0. The van der Waals surface area contributed by atoms with Crippen molar-refractivity contribution in [3.63, 3.8) is 0 Å². The van der Waals surface area contributed by atoms with E-state index in [0.717, 1.165) is 69.4 Å². The van der Waals surface area contributed by atoms with Crippen LogP contribution in [-0.4, -0.2) is 113 Å². The number of carbonyl (C=O) groups excluding carboxylic acids is 2. The monoisotopic (exact) mass is 457 g/mol. The molecule has 1 fully saturated rings. The molecule has 0 atom stereocenters. The molecule has 1 aliphatic rings. The van der Waals surface area contributed by atoms with Crippen LogP contribution in [0.15, 0.2) is 0 Å². The SMILES string of the molecule is CCCCCCOC(=O)C[N+](C)(C)CCN1CC[N+](C)(CC(=O)OCCCCCC)CC1. The van der Waals surface area contributed by atoms with Crippen LogP contribution in [0.4, 0.5) is 0 Å². The molecule has 7 heteroatoms. The number of nitrogens with zero attached hydrogens (tertiary/aromatic N) is 3. The van der Waals surface area contributed by atoms with Gasteiger partial charge in [0.05, 0.1) is 54.0 Å². The molecule has 1 aliphatic heterocycles. The lowest BCUT2D eigenvalue weighted by molar-refractivity contribution is -0.907. The quantitative estimate of drug-likeness (QED) is 0.191. The number of likely N-dealkylation sites (N-methyl/N-ethyl adjacent to an activating group) is 2.